The highest BCUT2D eigenvalue weighted by molar-refractivity contribution is 9.10. The molecule has 1 N–H and O–H groups in total. The minimum absolute atomic E-state index is 0. The van der Waals surface area contributed by atoms with Gasteiger partial charge in [0.2, 0.25) is 0 Å². The van der Waals surface area contributed by atoms with Gasteiger partial charge in [-0.3, -0.25) is 0 Å². The number of thiophene rings is 4. The Morgan fingerprint density at radius 1 is 0.240 bits per heavy atom. The summed E-state index contributed by atoms with van der Waals surface area (Å²) >= 11 is 14.7. The largest absolute Gasteiger partial charge is 0.569 e. The van der Waals surface area contributed by atoms with Gasteiger partial charge in [-0.15, -0.1) is 45.3 Å². The molecule has 0 aliphatic heterocycles. The first-order valence-electron chi connectivity index (χ1n) is 33.4. The normalized spacial score (nSPS) is 11.6. The van der Waals surface area contributed by atoms with Crippen molar-refractivity contribution in [3.63, 3.8) is 0 Å². The van der Waals surface area contributed by atoms with E-state index in [1.807, 2.05) is 81.7 Å². The summed E-state index contributed by atoms with van der Waals surface area (Å²) < 4.78 is 36.5. The van der Waals surface area contributed by atoms with Crippen LogP contribution in [-0.2, 0) is 0 Å². The molecule has 0 aliphatic rings. The zero-order chi connectivity index (χ0) is 67.7. The van der Waals surface area contributed by atoms with Crippen LogP contribution in [0.5, 0.6) is 5.75 Å². The van der Waals surface area contributed by atoms with Crippen molar-refractivity contribution >= 4 is 231 Å². The van der Waals surface area contributed by atoms with E-state index in [0.717, 1.165) is 85.9 Å². The number of benzene rings is 15. The molecule has 497 valence electrons. The third-order valence-electron chi connectivity index (χ3n) is 19.6. The monoisotopic (exact) mass is 1540 g/mol. The van der Waals surface area contributed by atoms with Crippen LogP contribution in [0.1, 0.15) is 14.9 Å². The summed E-state index contributed by atoms with van der Waals surface area (Å²) in [6.07, 6.45) is 0. The molecule has 7 heterocycles. The minimum Gasteiger partial charge on any atom is -0.537 e. The topological polar surface area (TPSA) is 68.9 Å². The molecule has 0 fully saturated rings. The fourth-order valence-electron chi connectivity index (χ4n) is 14.8. The molecule has 22 aromatic rings. The summed E-state index contributed by atoms with van der Waals surface area (Å²) in [7, 11) is 0.679. The molecule has 7 aromatic heterocycles. The lowest BCUT2D eigenvalue weighted by Gasteiger charge is -2.05. The fourth-order valence-corrected chi connectivity index (χ4v) is 19.9. The van der Waals surface area contributed by atoms with Crippen LogP contribution in [0, 0.1) is 0 Å². The Balaban J connectivity index is 0.000000137. The zero-order valence-electron chi connectivity index (χ0n) is 53.8. The Kier molecular flexibility index (Phi) is 16.7. The van der Waals surface area contributed by atoms with Gasteiger partial charge in [0.1, 0.15) is 39.2 Å². The van der Waals surface area contributed by atoms with Crippen LogP contribution in [-0.4, -0.2) is 12.7 Å². The van der Waals surface area contributed by atoms with Gasteiger partial charge in [-0.1, -0.05) is 180 Å². The Hall–Kier alpha value is -10.6. The predicted molar refractivity (Wildman–Crippen MR) is 457 cm³/mol. The van der Waals surface area contributed by atoms with Gasteiger partial charge in [0.25, 0.3) is 0 Å². The molecule has 0 unspecified atom stereocenters. The maximum atomic E-state index is 8.78. The van der Waals surface area contributed by atoms with Crippen molar-refractivity contribution < 1.29 is 22.9 Å². The Bertz CT molecular complexity index is 6780. The summed E-state index contributed by atoms with van der Waals surface area (Å²) in [4.78, 5) is 0. The standard InChI is InChI=1S/C54H30O2S2.C18H12BO3.C18H8Br2S2.2CH4/c1-3-7-31(8-4-1)33-11-17-45-39(25-33)41-27-35(13-19-47(41)55-45)37-15-21-49-43(29-37)53-51(57-49)23-24-52-54(53)44-30-38(16-22-50(44)58-52)36-14-20-48-42(28-36)40-26-34(12-18-46(40)56-48)32-9-5-2-6-10-32;20-19-22-14-7-9-18-16(11-14)15-10-13(6-8-17(15)21-18)12-4-2-1-3-5-12;19-9-1-3-13-11(7-9)17-15(21-13)5-6-16-18(17)12-8-10(20)2-4-14(12)22-16;;/h1-30H;1-11,20H;1-8H;2*1H4. The van der Waals surface area contributed by atoms with Gasteiger partial charge >= 0.3 is 7.69 Å². The van der Waals surface area contributed by atoms with Crippen LogP contribution >= 0.6 is 77.2 Å². The van der Waals surface area contributed by atoms with E-state index in [1.54, 1.807) is 6.07 Å². The molecule has 5 nitrogen and oxygen atoms in total. The summed E-state index contributed by atoms with van der Waals surface area (Å²) in [6, 6.07) is 105. The number of fused-ring (bicyclic) bond motifs is 23. The van der Waals surface area contributed by atoms with Crippen molar-refractivity contribution in [3.05, 3.63) is 306 Å². The van der Waals surface area contributed by atoms with Crippen LogP contribution in [0.25, 0.3) is 202 Å². The van der Waals surface area contributed by atoms with Gasteiger partial charge in [-0.25, -0.2) is 0 Å². The first-order valence-corrected chi connectivity index (χ1v) is 38.2. The molecular weight excluding hydrogens is 1480 g/mol. The lowest BCUT2D eigenvalue weighted by Crippen LogP contribution is -1.98. The van der Waals surface area contributed by atoms with E-state index in [2.05, 4.69) is 287 Å². The molecule has 0 amide bonds. The van der Waals surface area contributed by atoms with E-state index in [9.17, 15) is 0 Å². The van der Waals surface area contributed by atoms with E-state index in [-0.39, 0.29) is 14.9 Å². The maximum absolute atomic E-state index is 8.78. The van der Waals surface area contributed by atoms with Gasteiger partial charge in [-0.05, 0) is 219 Å². The molecule has 0 saturated carbocycles. The van der Waals surface area contributed by atoms with Gasteiger partial charge in [-0.2, -0.15) is 0 Å². The van der Waals surface area contributed by atoms with Crippen molar-refractivity contribution in [1.82, 2.24) is 0 Å². The van der Waals surface area contributed by atoms with E-state index >= 15 is 0 Å². The minimum atomic E-state index is 0. The summed E-state index contributed by atoms with van der Waals surface area (Å²) in [5.74, 6) is 0.572. The van der Waals surface area contributed by atoms with E-state index in [1.165, 1.54) is 125 Å². The van der Waals surface area contributed by atoms with Gasteiger partial charge < -0.3 is 22.9 Å². The molecule has 15 aromatic carbocycles. The molecule has 0 aliphatic carbocycles. The quantitative estimate of drug-likeness (QED) is 0.161. The number of halogens is 2. The van der Waals surface area contributed by atoms with E-state index < -0.39 is 0 Å². The van der Waals surface area contributed by atoms with Gasteiger partial charge in [0, 0.05) is 122 Å². The predicted octanol–water partition coefficient (Wildman–Crippen LogP) is 30.3. The smallest absolute Gasteiger partial charge is 0.537 e. The first-order chi connectivity index (χ1) is 50.2. The molecule has 0 spiro atoms. The van der Waals surface area contributed by atoms with E-state index in [4.69, 9.17) is 22.9 Å². The molecule has 0 saturated heterocycles. The van der Waals surface area contributed by atoms with Gasteiger partial charge in [0.15, 0.2) is 0 Å². The molecule has 0 atom stereocenters. The Morgan fingerprint density at radius 3 is 0.788 bits per heavy atom. The van der Waals surface area contributed by atoms with Crippen LogP contribution in [0.3, 0.4) is 0 Å². The van der Waals surface area contributed by atoms with Crippen LogP contribution in [0.4, 0.5) is 0 Å². The first kappa shape index (κ1) is 65.4. The second-order valence-corrected chi connectivity index (χ2v) is 31.7. The highest BCUT2D eigenvalue weighted by atomic mass is 79.9. The third kappa shape index (κ3) is 11.4. The number of hydrogen-bond donors (Lipinski definition) is 1. The summed E-state index contributed by atoms with van der Waals surface area (Å²) in [6.45, 7) is 0. The molecular formula is C92H58BBr2O5S4. The molecule has 12 heteroatoms. The van der Waals surface area contributed by atoms with Crippen molar-refractivity contribution in [2.75, 3.05) is 0 Å². The highest BCUT2D eigenvalue weighted by Gasteiger charge is 2.20. The van der Waals surface area contributed by atoms with Crippen molar-refractivity contribution in [2.24, 2.45) is 0 Å². The van der Waals surface area contributed by atoms with Gasteiger partial charge in [0.05, 0.1) is 0 Å². The average Bonchev–Trinajstić information content (AvgIpc) is 1.59. The second kappa shape index (κ2) is 26.6. The van der Waals surface area contributed by atoms with Crippen molar-refractivity contribution in [1.29, 1.82) is 0 Å². The Morgan fingerprint density at radius 2 is 0.481 bits per heavy atom. The molecule has 1 radical (unpaired) electrons. The maximum Gasteiger partial charge on any atom is 0.569 e. The van der Waals surface area contributed by atoms with Crippen molar-refractivity contribution in [2.45, 2.75) is 14.9 Å². The lowest BCUT2D eigenvalue weighted by molar-refractivity contribution is 0.454. The lowest BCUT2D eigenvalue weighted by atomic mass is 9.97. The average molecular weight is 1540 g/mol. The van der Waals surface area contributed by atoms with Crippen LogP contribution in [0.2, 0.25) is 0 Å². The number of rotatable bonds is 7. The fraction of sp³-hybridized carbons (Fsp3) is 0.0217. The third-order valence-corrected chi connectivity index (χ3v) is 25.1. The summed E-state index contributed by atoms with van der Waals surface area (Å²) in [5, 5.41) is 26.1. The van der Waals surface area contributed by atoms with E-state index in [0.29, 0.717) is 13.4 Å². The molecule has 0 bridgehead atoms. The van der Waals surface area contributed by atoms with Crippen LogP contribution in [0.15, 0.2) is 319 Å². The zero-order valence-corrected chi connectivity index (χ0v) is 60.3. The molecule has 22 rings (SSSR count). The Labute approximate surface area is 631 Å². The highest BCUT2D eigenvalue weighted by Crippen LogP contribution is 2.49. The second-order valence-electron chi connectivity index (χ2n) is 25.6. The van der Waals surface area contributed by atoms with Crippen LogP contribution < -0.4 is 4.65 Å². The number of furan rings is 3. The number of hydrogen-bond acceptors (Lipinski definition) is 9. The van der Waals surface area contributed by atoms with Crippen molar-refractivity contribution in [3.8, 4) is 61.4 Å². The molecule has 104 heavy (non-hydrogen) atoms. The SMILES string of the molecule is Brc1ccc2sc3ccc4sc5ccc(Br)cc5c4c3c2c1.C.C.O[B]Oc1ccc2oc3ccc(-c4ccccc4)cc3c2c1.c1ccc(-c2ccc3oc4ccc(-c5ccc6sc7ccc8sc9ccc(-c%10ccc%11oc%12ccc(-c%13ccccc%13)cc%12c%11c%10)cc9c8c7c6c5)cc4c3c2)cc1. The summed E-state index contributed by atoms with van der Waals surface area (Å²) in [5.41, 5.74) is 17.1.